The number of hydrogen-bond acceptors (Lipinski definition) is 3. The molecule has 0 saturated carbocycles. The zero-order valence-corrected chi connectivity index (χ0v) is 10.2. The third-order valence-electron chi connectivity index (χ3n) is 2.48. The molecule has 1 rings (SSSR count). The molecular weight excluding hydrogens is 234 g/mol. The second kappa shape index (κ2) is 6.76. The summed E-state index contributed by atoms with van der Waals surface area (Å²) in [6.07, 6.45) is -0.669. The van der Waals surface area contributed by atoms with Gasteiger partial charge in [-0.1, -0.05) is 37.3 Å². The van der Waals surface area contributed by atoms with Gasteiger partial charge in [-0.2, -0.15) is 0 Å². The lowest BCUT2D eigenvalue weighted by molar-refractivity contribution is -0.148. The molecule has 0 saturated heterocycles. The van der Waals surface area contributed by atoms with E-state index in [1.807, 2.05) is 6.92 Å². The summed E-state index contributed by atoms with van der Waals surface area (Å²) in [5.41, 5.74) is 0.467. The summed E-state index contributed by atoms with van der Waals surface area (Å²) in [7, 11) is 0. The van der Waals surface area contributed by atoms with Gasteiger partial charge < -0.3 is 15.1 Å². The Hall–Kier alpha value is -1.88. The van der Waals surface area contributed by atoms with Gasteiger partial charge in [0, 0.05) is 6.54 Å². The molecule has 5 nitrogen and oxygen atoms in total. The van der Waals surface area contributed by atoms with E-state index in [4.69, 9.17) is 5.11 Å². The fraction of sp³-hybridized carbons (Fsp3) is 0.385. The average molecular weight is 251 g/mol. The summed E-state index contributed by atoms with van der Waals surface area (Å²) in [5, 5.41) is 18.7. The molecule has 1 atom stereocenters. The Balaban J connectivity index is 2.79. The van der Waals surface area contributed by atoms with E-state index in [1.54, 1.807) is 30.3 Å². The number of aliphatic carboxylic acids is 1. The summed E-state index contributed by atoms with van der Waals surface area (Å²) < 4.78 is 0. The van der Waals surface area contributed by atoms with Crippen molar-refractivity contribution >= 4 is 11.9 Å². The smallest absolute Gasteiger partial charge is 0.323 e. The molecule has 1 amide bonds. The fourth-order valence-corrected chi connectivity index (χ4v) is 1.65. The minimum Gasteiger partial charge on any atom is -0.480 e. The van der Waals surface area contributed by atoms with Gasteiger partial charge >= 0.3 is 5.97 Å². The van der Waals surface area contributed by atoms with Gasteiger partial charge in [0.05, 0.1) is 0 Å². The van der Waals surface area contributed by atoms with E-state index >= 15 is 0 Å². The number of hydrogen-bond donors (Lipinski definition) is 2. The second-order valence-corrected chi connectivity index (χ2v) is 3.97. The lowest BCUT2D eigenvalue weighted by Crippen LogP contribution is -2.39. The Bertz CT molecular complexity index is 405. The lowest BCUT2D eigenvalue weighted by Gasteiger charge is -2.23. The topological polar surface area (TPSA) is 77.8 Å². The van der Waals surface area contributed by atoms with Crippen molar-refractivity contribution in [1.82, 2.24) is 4.90 Å². The van der Waals surface area contributed by atoms with Crippen molar-refractivity contribution in [3.05, 3.63) is 35.9 Å². The van der Waals surface area contributed by atoms with Gasteiger partial charge in [0.2, 0.25) is 0 Å². The molecule has 98 valence electrons. The maximum absolute atomic E-state index is 12.0. The number of carboxylic acid groups (broad SMARTS) is 1. The van der Waals surface area contributed by atoms with Crippen molar-refractivity contribution in [2.75, 3.05) is 13.1 Å². The summed E-state index contributed by atoms with van der Waals surface area (Å²) in [6.45, 7) is 1.77. The van der Waals surface area contributed by atoms with E-state index in [0.29, 0.717) is 18.5 Å². The SMILES string of the molecule is CCCN(CC(=O)O)C(=O)[C@H](O)c1ccccc1. The van der Waals surface area contributed by atoms with Crippen molar-refractivity contribution in [3.8, 4) is 0 Å². The van der Waals surface area contributed by atoms with Crippen molar-refractivity contribution < 1.29 is 19.8 Å². The first-order chi connectivity index (χ1) is 8.56. The second-order valence-electron chi connectivity index (χ2n) is 3.97. The zero-order chi connectivity index (χ0) is 13.5. The first kappa shape index (κ1) is 14.2. The minimum absolute atomic E-state index is 0.315. The van der Waals surface area contributed by atoms with Gasteiger partial charge in [-0.25, -0.2) is 0 Å². The molecule has 1 aromatic rings. The summed E-state index contributed by atoms with van der Waals surface area (Å²) in [4.78, 5) is 23.8. The van der Waals surface area contributed by atoms with E-state index in [1.165, 1.54) is 0 Å². The van der Waals surface area contributed by atoms with Crippen LogP contribution in [0.5, 0.6) is 0 Å². The van der Waals surface area contributed by atoms with Crippen LogP contribution in [0.3, 0.4) is 0 Å². The summed E-state index contributed by atoms with van der Waals surface area (Å²) in [5.74, 6) is -1.66. The van der Waals surface area contributed by atoms with Gasteiger partial charge in [0.15, 0.2) is 6.10 Å². The number of aliphatic hydroxyl groups is 1. The highest BCUT2D eigenvalue weighted by atomic mass is 16.4. The van der Waals surface area contributed by atoms with Crippen LogP contribution in [0.15, 0.2) is 30.3 Å². The number of amides is 1. The van der Waals surface area contributed by atoms with Crippen LogP contribution in [0.2, 0.25) is 0 Å². The molecule has 0 spiro atoms. The Kier molecular flexibility index (Phi) is 5.32. The highest BCUT2D eigenvalue weighted by molar-refractivity contribution is 5.85. The Morgan fingerprint density at radius 3 is 2.39 bits per heavy atom. The molecular formula is C13H17NO4. The van der Waals surface area contributed by atoms with Crippen LogP contribution < -0.4 is 0 Å². The molecule has 2 N–H and O–H groups in total. The third-order valence-corrected chi connectivity index (χ3v) is 2.48. The quantitative estimate of drug-likeness (QED) is 0.792. The van der Waals surface area contributed by atoms with Gasteiger partial charge in [-0.3, -0.25) is 9.59 Å². The van der Waals surface area contributed by atoms with Crippen molar-refractivity contribution in [2.45, 2.75) is 19.4 Å². The van der Waals surface area contributed by atoms with E-state index in [9.17, 15) is 14.7 Å². The van der Waals surface area contributed by atoms with Crippen LogP contribution >= 0.6 is 0 Å². The molecule has 1 aromatic carbocycles. The van der Waals surface area contributed by atoms with Gasteiger partial charge in [-0.15, -0.1) is 0 Å². The predicted molar refractivity (Wildman–Crippen MR) is 65.9 cm³/mol. The first-order valence-electron chi connectivity index (χ1n) is 5.79. The molecule has 0 aliphatic carbocycles. The van der Waals surface area contributed by atoms with Crippen molar-refractivity contribution in [1.29, 1.82) is 0 Å². The number of carbonyl (C=O) groups excluding carboxylic acids is 1. The van der Waals surface area contributed by atoms with Crippen LogP contribution in [-0.2, 0) is 9.59 Å². The minimum atomic E-state index is -1.31. The Labute approximate surface area is 106 Å². The molecule has 0 unspecified atom stereocenters. The van der Waals surface area contributed by atoms with Crippen molar-refractivity contribution in [3.63, 3.8) is 0 Å². The summed E-state index contributed by atoms with van der Waals surface area (Å²) >= 11 is 0. The number of rotatable bonds is 6. The molecule has 0 heterocycles. The van der Waals surface area contributed by atoms with E-state index in [-0.39, 0.29) is 0 Å². The molecule has 5 heteroatoms. The number of carbonyl (C=O) groups is 2. The Morgan fingerprint density at radius 1 is 1.28 bits per heavy atom. The molecule has 0 bridgehead atoms. The van der Waals surface area contributed by atoms with Gasteiger partial charge in [0.25, 0.3) is 5.91 Å². The number of carboxylic acids is 1. The number of aliphatic hydroxyl groups excluding tert-OH is 1. The molecule has 0 aromatic heterocycles. The maximum Gasteiger partial charge on any atom is 0.323 e. The van der Waals surface area contributed by atoms with E-state index in [2.05, 4.69) is 0 Å². The summed E-state index contributed by atoms with van der Waals surface area (Å²) in [6, 6.07) is 8.48. The van der Waals surface area contributed by atoms with Crippen molar-refractivity contribution in [2.24, 2.45) is 0 Å². The lowest BCUT2D eigenvalue weighted by atomic mass is 10.1. The van der Waals surface area contributed by atoms with Gasteiger partial charge in [-0.05, 0) is 12.0 Å². The number of benzene rings is 1. The van der Waals surface area contributed by atoms with Gasteiger partial charge in [0.1, 0.15) is 6.54 Å². The maximum atomic E-state index is 12.0. The molecule has 0 fully saturated rings. The average Bonchev–Trinajstić information content (AvgIpc) is 2.37. The van der Waals surface area contributed by atoms with Crippen LogP contribution in [0.1, 0.15) is 25.0 Å². The highest BCUT2D eigenvalue weighted by Crippen LogP contribution is 2.15. The predicted octanol–water partition coefficient (Wildman–Crippen LogP) is 1.04. The van der Waals surface area contributed by atoms with E-state index < -0.39 is 24.5 Å². The normalized spacial score (nSPS) is 11.9. The molecule has 18 heavy (non-hydrogen) atoms. The largest absolute Gasteiger partial charge is 0.480 e. The zero-order valence-electron chi connectivity index (χ0n) is 10.2. The molecule has 0 aliphatic heterocycles. The van der Waals surface area contributed by atoms with E-state index in [0.717, 1.165) is 4.90 Å². The van der Waals surface area contributed by atoms with Crippen LogP contribution in [-0.4, -0.2) is 40.1 Å². The first-order valence-corrected chi connectivity index (χ1v) is 5.79. The molecule has 0 aliphatic rings. The Morgan fingerprint density at radius 2 is 1.89 bits per heavy atom. The highest BCUT2D eigenvalue weighted by Gasteiger charge is 2.24. The fourth-order valence-electron chi connectivity index (χ4n) is 1.65. The number of nitrogens with zero attached hydrogens (tertiary/aromatic N) is 1. The van der Waals surface area contributed by atoms with Crippen LogP contribution in [0.4, 0.5) is 0 Å². The monoisotopic (exact) mass is 251 g/mol. The van der Waals surface area contributed by atoms with Crippen LogP contribution in [0, 0.1) is 0 Å². The standard InChI is InChI=1S/C13H17NO4/c1-2-8-14(9-11(15)16)13(18)12(17)10-6-4-3-5-7-10/h3-7,12,17H,2,8-9H2,1H3,(H,15,16)/t12-/m1/s1. The van der Waals surface area contributed by atoms with Crippen LogP contribution in [0.25, 0.3) is 0 Å². The third kappa shape index (κ3) is 3.85. The molecule has 0 radical (unpaired) electrons.